The summed E-state index contributed by atoms with van der Waals surface area (Å²) in [4.78, 5) is 103. The van der Waals surface area contributed by atoms with Gasteiger partial charge in [0.2, 0.25) is 23.6 Å². The van der Waals surface area contributed by atoms with E-state index in [1.807, 2.05) is 86.9 Å². The van der Waals surface area contributed by atoms with E-state index < -0.39 is 54.1 Å². The molecule has 0 fully saturated rings. The van der Waals surface area contributed by atoms with Gasteiger partial charge < -0.3 is 78.8 Å². The second kappa shape index (κ2) is 37.0. The number of carbonyl (C=O) groups excluding carboxylic acids is 7. The Hall–Kier alpha value is -9.66. The Balaban J connectivity index is 0.760. The van der Waals surface area contributed by atoms with Crippen LogP contribution in [0, 0.1) is 5.92 Å². The highest BCUT2D eigenvalue weighted by atomic mass is 16.6. The molecule has 3 aromatic rings. The lowest BCUT2D eigenvalue weighted by molar-refractivity contribution is -0.132. The second-order valence-corrected chi connectivity index (χ2v) is 23.4. The Bertz CT molecular complexity index is 3570. The van der Waals surface area contributed by atoms with Crippen molar-refractivity contribution in [1.29, 1.82) is 0 Å². The molecule has 5 atom stereocenters. The van der Waals surface area contributed by atoms with Crippen LogP contribution in [0.1, 0.15) is 93.0 Å². The fraction of sp³-hybridized carbons (Fsp3) is 0.417. The summed E-state index contributed by atoms with van der Waals surface area (Å²) in [5.41, 5.74) is 4.50. The van der Waals surface area contributed by atoms with Gasteiger partial charge in [0.15, 0.2) is 29.2 Å². The van der Waals surface area contributed by atoms with Crippen molar-refractivity contribution < 1.29 is 81.3 Å². The van der Waals surface area contributed by atoms with Gasteiger partial charge in [0.05, 0.1) is 121 Å². The zero-order chi connectivity index (χ0) is 69.2. The molecule has 3 aromatic carbocycles. The monoisotopic (exact) mass is 1340 g/mol. The average molecular weight is 1340 g/mol. The molecular weight excluding hydrogens is 1250 g/mol. The van der Waals surface area contributed by atoms with Crippen LogP contribution in [0.2, 0.25) is 0 Å². The number of allylic oxidation sites excluding steroid dienone is 11. The Morgan fingerprint density at radius 3 is 1.95 bits per heavy atom. The van der Waals surface area contributed by atoms with Crippen LogP contribution in [-0.4, -0.2) is 180 Å². The molecule has 1 aliphatic carbocycles. The number of aliphatic hydroxyl groups excluding tert-OH is 1. The predicted molar refractivity (Wildman–Crippen MR) is 364 cm³/mol. The first kappa shape index (κ1) is 73.2. The molecule has 5 aliphatic rings. The summed E-state index contributed by atoms with van der Waals surface area (Å²) in [6, 6.07) is 9.64. The van der Waals surface area contributed by atoms with Gasteiger partial charge in [0, 0.05) is 55.8 Å². The molecule has 518 valence electrons. The third-order valence-electron chi connectivity index (χ3n) is 15.9. The van der Waals surface area contributed by atoms with E-state index in [2.05, 4.69) is 26.3 Å². The molecule has 97 heavy (non-hydrogen) atoms. The maximum atomic E-state index is 14.4. The molecule has 0 spiro atoms. The molecule has 4 aliphatic heterocycles. The number of amides is 7. The van der Waals surface area contributed by atoms with Gasteiger partial charge in [0.1, 0.15) is 18.7 Å². The molecule has 5 N–H and O–H groups in total. The Kier molecular flexibility index (Phi) is 27.9. The van der Waals surface area contributed by atoms with Gasteiger partial charge >= 0.3 is 6.09 Å². The van der Waals surface area contributed by atoms with Gasteiger partial charge in [-0.2, -0.15) is 0 Å². The number of rotatable bonds is 35. The van der Waals surface area contributed by atoms with Crippen molar-refractivity contribution in [3.05, 3.63) is 161 Å². The quantitative estimate of drug-likeness (QED) is 0.0346. The van der Waals surface area contributed by atoms with Crippen LogP contribution in [0.4, 0.5) is 21.9 Å². The van der Waals surface area contributed by atoms with Crippen molar-refractivity contribution in [1.82, 2.24) is 25.8 Å². The van der Waals surface area contributed by atoms with E-state index in [1.165, 1.54) is 38.2 Å². The van der Waals surface area contributed by atoms with Crippen molar-refractivity contribution in [3.63, 3.8) is 0 Å². The van der Waals surface area contributed by atoms with Crippen molar-refractivity contribution in [2.75, 3.05) is 97.0 Å². The Morgan fingerprint density at radius 1 is 0.670 bits per heavy atom. The SMILES string of the molecule is C/C=C/C1=CN2C(=O)c3cc(OC)c(OCCCOc4cc5c(cc4OC)C(=O)N4C=C(/C=C/C)C[C@H]4[C@H](O)N5C(=O)OCc4ccc(NC(=O)[C@H](C)NC(=O)[C@@H](NC(=O)CCOCCOCCOCCOCCNC(=O)CC5=C/C=C\C=C/C=C\5)C(C)C)cc4)cc3N=C[C@@H]2C1. The van der Waals surface area contributed by atoms with Gasteiger partial charge in [-0.15, -0.1) is 0 Å². The number of hydrogen-bond donors (Lipinski definition) is 5. The molecule has 0 unspecified atom stereocenters. The van der Waals surface area contributed by atoms with E-state index >= 15 is 0 Å². The fourth-order valence-electron chi connectivity index (χ4n) is 10.9. The number of carbonyl (C=O) groups is 7. The summed E-state index contributed by atoms with van der Waals surface area (Å²) < 4.78 is 51.8. The summed E-state index contributed by atoms with van der Waals surface area (Å²) in [5.74, 6) is -1.48. The third kappa shape index (κ3) is 20.7. The molecule has 4 heterocycles. The number of benzene rings is 3. The first-order valence-electron chi connectivity index (χ1n) is 32.5. The second-order valence-electron chi connectivity index (χ2n) is 23.4. The van der Waals surface area contributed by atoms with Crippen LogP contribution in [0.25, 0.3) is 0 Å². The maximum Gasteiger partial charge on any atom is 0.416 e. The van der Waals surface area contributed by atoms with E-state index in [1.54, 1.807) is 67.6 Å². The van der Waals surface area contributed by atoms with Crippen LogP contribution in [0.5, 0.6) is 23.0 Å². The van der Waals surface area contributed by atoms with E-state index in [9.17, 15) is 38.7 Å². The fourth-order valence-corrected chi connectivity index (χ4v) is 10.9. The lowest BCUT2D eigenvalue weighted by atomic mass is 10.0. The molecule has 0 radical (unpaired) electrons. The minimum Gasteiger partial charge on any atom is -0.493 e. The molecular formula is C72H88N8O17. The molecule has 25 nitrogen and oxygen atoms in total. The Morgan fingerprint density at radius 2 is 1.28 bits per heavy atom. The van der Waals surface area contributed by atoms with Crippen LogP contribution >= 0.6 is 0 Å². The normalized spacial score (nSPS) is 19.1. The van der Waals surface area contributed by atoms with Crippen LogP contribution in [0.15, 0.2) is 149 Å². The topological polar surface area (TPSA) is 293 Å². The van der Waals surface area contributed by atoms with Crippen LogP contribution in [0.3, 0.4) is 0 Å². The largest absolute Gasteiger partial charge is 0.493 e. The molecule has 0 saturated carbocycles. The van der Waals surface area contributed by atoms with Crippen molar-refractivity contribution in [3.8, 4) is 23.0 Å². The van der Waals surface area contributed by atoms with Crippen molar-refractivity contribution in [2.45, 2.75) is 104 Å². The molecule has 25 heteroatoms. The number of ether oxygens (including phenoxy) is 9. The van der Waals surface area contributed by atoms with Gasteiger partial charge in [-0.05, 0) is 86.1 Å². The van der Waals surface area contributed by atoms with Crippen LogP contribution in [-0.2, 0) is 49.5 Å². The maximum absolute atomic E-state index is 14.4. The smallest absolute Gasteiger partial charge is 0.416 e. The number of nitrogens with zero attached hydrogens (tertiary/aromatic N) is 4. The summed E-state index contributed by atoms with van der Waals surface area (Å²) in [6.07, 6.45) is 25.1. The zero-order valence-electron chi connectivity index (χ0n) is 56.0. The number of aliphatic hydroxyl groups is 1. The van der Waals surface area contributed by atoms with E-state index in [-0.39, 0.29) is 105 Å². The number of nitrogens with one attached hydrogen (secondary N) is 4. The minimum absolute atomic E-state index is 0.00982. The number of methoxy groups -OCH3 is 2. The average Bonchev–Trinajstić information content (AvgIpc) is 1.67. The highest BCUT2D eigenvalue weighted by Gasteiger charge is 2.45. The molecule has 0 saturated heterocycles. The number of anilines is 2. The van der Waals surface area contributed by atoms with Gasteiger partial charge in [0.25, 0.3) is 11.8 Å². The molecule has 0 bridgehead atoms. The zero-order valence-corrected chi connectivity index (χ0v) is 56.0. The third-order valence-corrected chi connectivity index (χ3v) is 15.9. The summed E-state index contributed by atoms with van der Waals surface area (Å²) in [6.45, 7) is 11.6. The summed E-state index contributed by atoms with van der Waals surface area (Å²) >= 11 is 0. The first-order chi connectivity index (χ1) is 47.0. The minimum atomic E-state index is -1.58. The van der Waals surface area contributed by atoms with Gasteiger partial charge in [-0.1, -0.05) is 92.8 Å². The van der Waals surface area contributed by atoms with E-state index in [4.69, 9.17) is 42.6 Å². The first-order valence-corrected chi connectivity index (χ1v) is 32.5. The summed E-state index contributed by atoms with van der Waals surface area (Å²) in [5, 5.41) is 23.2. The number of aliphatic imine (C=N–C) groups is 1. The van der Waals surface area contributed by atoms with Crippen molar-refractivity contribution in [2.24, 2.45) is 10.9 Å². The van der Waals surface area contributed by atoms with Gasteiger partial charge in [-0.3, -0.25) is 33.8 Å². The highest BCUT2D eigenvalue weighted by Crippen LogP contribution is 2.43. The lowest BCUT2D eigenvalue weighted by Gasteiger charge is -2.31. The summed E-state index contributed by atoms with van der Waals surface area (Å²) in [7, 11) is 2.91. The molecule has 0 aromatic heterocycles. The molecule has 7 amide bonds. The number of hydrogen-bond acceptors (Lipinski definition) is 18. The molecule has 8 rings (SSSR count). The Labute approximate surface area is 565 Å². The number of fused-ring (bicyclic) bond motifs is 4. The van der Waals surface area contributed by atoms with Crippen LogP contribution < -0.4 is 45.1 Å². The predicted octanol–water partition coefficient (Wildman–Crippen LogP) is 8.25. The standard InChI is InChI=1S/C72H88N8O17/c1-8-16-51-36-54-43-74-57-41-62(60(89-6)39-55(57)69(85)78(54)44-51)95-26-15-27-96-63-42-58-56(40-61(63)90-7)70(86)79-45-52(17-9-2)37-59(79)71(87)80(58)72(88)97-46-50-20-22-53(23-21-50)76-67(83)48(5)75-68(84)66(47(3)4)77-64(81)24-28-91-30-32-93-34-35-94-33-31-92-29-25-73-65(82)38-49-18-13-11-10-12-14-19-49/h8-14,16-23,39-45,47-48,54,59,66,71,87H,15,24-38,46H2,1-7H3,(H,73,82)(H,75,84)(H,76,83)(H,77,81)/b11-10-,12-10?,13-11?,14-12-,16-8+,17-9+,18-13-,19-14?,49-18?,49-19+/t48-,54-,59-,66-,71-/m0/s1. The van der Waals surface area contributed by atoms with E-state index in [0.29, 0.717) is 86.4 Å². The lowest BCUT2D eigenvalue weighted by Crippen LogP contribution is -2.53. The highest BCUT2D eigenvalue weighted by molar-refractivity contribution is 6.07. The van der Waals surface area contributed by atoms with E-state index in [0.717, 1.165) is 21.6 Å². The van der Waals surface area contributed by atoms with Crippen molar-refractivity contribution >= 4 is 64.8 Å². The van der Waals surface area contributed by atoms with Gasteiger partial charge in [-0.25, -0.2) is 9.69 Å².